The van der Waals surface area contributed by atoms with E-state index >= 15 is 0 Å². The van der Waals surface area contributed by atoms with E-state index in [4.69, 9.17) is 20.9 Å². The third-order valence-corrected chi connectivity index (χ3v) is 3.91. The van der Waals surface area contributed by atoms with E-state index < -0.39 is 24.4 Å². The smallest absolute Gasteiger partial charge is 0.405 e. The fraction of sp³-hybridized carbons (Fsp3) is 0.333. The van der Waals surface area contributed by atoms with Crippen molar-refractivity contribution in [2.24, 2.45) is 11.5 Å². The number of halogens is 1. The Morgan fingerprint density at radius 1 is 1.21 bits per heavy atom. The molecule has 2 atom stereocenters. The number of carbonyl (C=O) groups excluding carboxylic acids is 2. The molecule has 1 aromatic carbocycles. The van der Waals surface area contributed by atoms with Gasteiger partial charge in [0.05, 0.1) is 0 Å². The molecule has 102 valence electrons. The van der Waals surface area contributed by atoms with Crippen molar-refractivity contribution >= 4 is 34.8 Å². The summed E-state index contributed by atoms with van der Waals surface area (Å²) in [5.41, 5.74) is 12.0. The summed E-state index contributed by atoms with van der Waals surface area (Å²) in [6.45, 7) is 0. The van der Waals surface area contributed by atoms with Crippen LogP contribution < -0.4 is 11.5 Å². The van der Waals surface area contributed by atoms with Crippen LogP contribution >= 0.6 is 22.6 Å². The highest BCUT2D eigenvalue weighted by atomic mass is 127. The molecule has 0 aliphatic heterocycles. The molecule has 0 fully saturated rings. The van der Waals surface area contributed by atoms with Crippen LogP contribution in [0.15, 0.2) is 18.2 Å². The molecule has 19 heavy (non-hydrogen) atoms. The van der Waals surface area contributed by atoms with Crippen LogP contribution in [-0.4, -0.2) is 18.3 Å². The van der Waals surface area contributed by atoms with Gasteiger partial charge in [-0.2, -0.15) is 0 Å². The first-order chi connectivity index (χ1) is 8.99. The van der Waals surface area contributed by atoms with Crippen molar-refractivity contribution < 1.29 is 19.1 Å². The number of hydrogen-bond donors (Lipinski definition) is 2. The van der Waals surface area contributed by atoms with Gasteiger partial charge in [-0.25, -0.2) is 9.59 Å². The lowest BCUT2D eigenvalue weighted by Gasteiger charge is -2.32. The molecule has 2 amide bonds. The molecule has 0 aromatic heterocycles. The van der Waals surface area contributed by atoms with Crippen molar-refractivity contribution in [1.82, 2.24) is 0 Å². The van der Waals surface area contributed by atoms with Gasteiger partial charge in [0.2, 0.25) is 0 Å². The van der Waals surface area contributed by atoms with E-state index in [2.05, 4.69) is 22.6 Å². The first-order valence-electron chi connectivity index (χ1n) is 5.68. The molecule has 1 aliphatic rings. The van der Waals surface area contributed by atoms with Crippen LogP contribution in [0.25, 0.3) is 0 Å². The van der Waals surface area contributed by atoms with Gasteiger partial charge < -0.3 is 20.9 Å². The maximum absolute atomic E-state index is 11.0. The van der Waals surface area contributed by atoms with Crippen LogP contribution in [0.2, 0.25) is 0 Å². The first kappa shape index (κ1) is 13.9. The molecule has 0 radical (unpaired) electrons. The van der Waals surface area contributed by atoms with Gasteiger partial charge in [0, 0.05) is 9.13 Å². The van der Waals surface area contributed by atoms with Crippen LogP contribution in [0.5, 0.6) is 0 Å². The second kappa shape index (κ2) is 5.64. The number of aryl methyl sites for hydroxylation is 1. The Bertz CT molecular complexity index is 520. The standard InChI is InChI=1S/C12H13IN2O4/c13-7-3-1-2-6-4-5-8(18-11(14)16)10(9(6)7)19-12(15)17/h1-3,8,10H,4-5H2,(H2,14,16)(H2,15,17)/t8-,10-/m1/s1. The molecule has 0 unspecified atom stereocenters. The number of benzene rings is 1. The quantitative estimate of drug-likeness (QED) is 0.769. The van der Waals surface area contributed by atoms with Crippen molar-refractivity contribution in [3.63, 3.8) is 0 Å². The molecule has 0 saturated heterocycles. The molecule has 0 bridgehead atoms. The zero-order chi connectivity index (χ0) is 14.0. The van der Waals surface area contributed by atoms with Gasteiger partial charge in [-0.05, 0) is 47.1 Å². The van der Waals surface area contributed by atoms with Gasteiger partial charge in [0.15, 0.2) is 6.10 Å². The Morgan fingerprint density at radius 2 is 1.89 bits per heavy atom. The van der Waals surface area contributed by atoms with Gasteiger partial charge >= 0.3 is 12.2 Å². The summed E-state index contributed by atoms with van der Waals surface area (Å²) >= 11 is 2.15. The molecule has 4 N–H and O–H groups in total. The molecule has 0 saturated carbocycles. The Balaban J connectivity index is 2.39. The minimum absolute atomic E-state index is 0.536. The van der Waals surface area contributed by atoms with Crippen LogP contribution in [0.3, 0.4) is 0 Å². The van der Waals surface area contributed by atoms with Crippen molar-refractivity contribution in [1.29, 1.82) is 0 Å². The molecule has 7 heteroatoms. The third-order valence-electron chi connectivity index (χ3n) is 2.97. The lowest BCUT2D eigenvalue weighted by Crippen LogP contribution is -2.36. The van der Waals surface area contributed by atoms with Crippen molar-refractivity contribution in [3.8, 4) is 0 Å². The number of hydrogen-bond acceptors (Lipinski definition) is 4. The van der Waals surface area contributed by atoms with E-state index in [9.17, 15) is 9.59 Å². The number of carbonyl (C=O) groups is 2. The van der Waals surface area contributed by atoms with Crippen molar-refractivity contribution in [2.45, 2.75) is 25.0 Å². The summed E-state index contributed by atoms with van der Waals surface area (Å²) in [6.07, 6.45) is -1.85. The summed E-state index contributed by atoms with van der Waals surface area (Å²) in [5.74, 6) is 0. The van der Waals surface area contributed by atoms with Crippen LogP contribution in [0, 0.1) is 3.57 Å². The molecule has 2 rings (SSSR count). The summed E-state index contributed by atoms with van der Waals surface area (Å²) in [7, 11) is 0. The molecule has 1 aliphatic carbocycles. The molecule has 0 spiro atoms. The summed E-state index contributed by atoms with van der Waals surface area (Å²) in [4.78, 5) is 22.0. The lowest BCUT2D eigenvalue weighted by atomic mass is 9.87. The van der Waals surface area contributed by atoms with Gasteiger partial charge in [-0.15, -0.1) is 0 Å². The lowest BCUT2D eigenvalue weighted by molar-refractivity contribution is -0.0146. The number of amides is 2. The highest BCUT2D eigenvalue weighted by molar-refractivity contribution is 14.1. The first-order valence-corrected chi connectivity index (χ1v) is 6.76. The number of fused-ring (bicyclic) bond motifs is 1. The molecular formula is C12H13IN2O4. The largest absolute Gasteiger partial charge is 0.442 e. The zero-order valence-electron chi connectivity index (χ0n) is 9.97. The summed E-state index contributed by atoms with van der Waals surface area (Å²) in [5, 5.41) is 0. The van der Waals surface area contributed by atoms with E-state index in [1.54, 1.807) is 0 Å². The molecule has 0 heterocycles. The Labute approximate surface area is 123 Å². The van der Waals surface area contributed by atoms with Crippen molar-refractivity contribution in [2.75, 3.05) is 0 Å². The van der Waals surface area contributed by atoms with Gasteiger partial charge in [0.1, 0.15) is 6.10 Å². The van der Waals surface area contributed by atoms with Crippen LogP contribution in [0.1, 0.15) is 23.7 Å². The second-order valence-electron chi connectivity index (χ2n) is 4.18. The average Bonchev–Trinajstić information content (AvgIpc) is 2.31. The molecule has 6 nitrogen and oxygen atoms in total. The minimum atomic E-state index is -0.907. The Morgan fingerprint density at radius 3 is 2.53 bits per heavy atom. The van der Waals surface area contributed by atoms with Crippen molar-refractivity contribution in [3.05, 3.63) is 32.9 Å². The number of nitrogens with two attached hydrogens (primary N) is 2. The second-order valence-corrected chi connectivity index (χ2v) is 5.35. The van der Waals surface area contributed by atoms with Gasteiger partial charge in [-0.1, -0.05) is 12.1 Å². The van der Waals surface area contributed by atoms with E-state index in [1.165, 1.54) is 0 Å². The fourth-order valence-corrected chi connectivity index (χ4v) is 3.14. The highest BCUT2D eigenvalue weighted by Gasteiger charge is 2.36. The number of primary amides is 2. The van der Waals surface area contributed by atoms with Crippen LogP contribution in [0.4, 0.5) is 9.59 Å². The van der Waals surface area contributed by atoms with Gasteiger partial charge in [0.25, 0.3) is 0 Å². The maximum Gasteiger partial charge on any atom is 0.405 e. The van der Waals surface area contributed by atoms with E-state index in [-0.39, 0.29) is 0 Å². The van der Waals surface area contributed by atoms with E-state index in [0.29, 0.717) is 6.42 Å². The SMILES string of the molecule is NC(=O)O[C@@H]1CCc2cccc(I)c2[C@@H]1OC(N)=O. The Kier molecular flexibility index (Phi) is 4.13. The number of rotatable bonds is 2. The maximum atomic E-state index is 11.0. The highest BCUT2D eigenvalue weighted by Crippen LogP contribution is 2.37. The number of ether oxygens (including phenoxy) is 2. The summed E-state index contributed by atoms with van der Waals surface area (Å²) in [6, 6.07) is 5.77. The van der Waals surface area contributed by atoms with Gasteiger partial charge in [-0.3, -0.25) is 0 Å². The normalized spacial score (nSPS) is 21.3. The topological polar surface area (TPSA) is 105 Å². The third kappa shape index (κ3) is 3.09. The summed E-state index contributed by atoms with van der Waals surface area (Å²) < 4.78 is 11.1. The van der Waals surface area contributed by atoms with E-state index in [0.717, 1.165) is 21.1 Å². The Hall–Kier alpha value is -1.51. The molecular weight excluding hydrogens is 363 g/mol. The average molecular weight is 376 g/mol. The minimum Gasteiger partial charge on any atom is -0.442 e. The fourth-order valence-electron chi connectivity index (χ4n) is 2.28. The van der Waals surface area contributed by atoms with Crippen LogP contribution in [-0.2, 0) is 15.9 Å². The predicted octanol–water partition coefficient (Wildman–Crippen LogP) is 1.84. The van der Waals surface area contributed by atoms with E-state index in [1.807, 2.05) is 18.2 Å². The predicted molar refractivity (Wildman–Crippen MR) is 75.3 cm³/mol. The monoisotopic (exact) mass is 376 g/mol. The molecule has 1 aromatic rings. The zero-order valence-corrected chi connectivity index (χ0v) is 12.1.